The fourth-order valence-corrected chi connectivity index (χ4v) is 4.41. The molecule has 0 spiro atoms. The summed E-state index contributed by atoms with van der Waals surface area (Å²) in [5, 5.41) is 11.4. The van der Waals surface area contributed by atoms with E-state index in [0.717, 1.165) is 12.8 Å². The van der Waals surface area contributed by atoms with Crippen LogP contribution in [0, 0.1) is 5.92 Å². The molecule has 1 aliphatic heterocycles. The van der Waals surface area contributed by atoms with E-state index >= 15 is 0 Å². The number of ketones is 1. The quantitative estimate of drug-likeness (QED) is 0.133. The van der Waals surface area contributed by atoms with Crippen LogP contribution in [-0.4, -0.2) is 61.8 Å². The van der Waals surface area contributed by atoms with Gasteiger partial charge in [0.15, 0.2) is 11.5 Å². The van der Waals surface area contributed by atoms with E-state index in [-0.39, 0.29) is 11.3 Å². The number of rotatable bonds is 15. The number of methoxy groups -OCH3 is 1. The maximum Gasteiger partial charge on any atom is 0.295 e. The molecule has 0 bridgehead atoms. The van der Waals surface area contributed by atoms with Crippen LogP contribution < -0.4 is 14.2 Å². The van der Waals surface area contributed by atoms with Crippen molar-refractivity contribution in [3.8, 4) is 17.2 Å². The van der Waals surface area contributed by atoms with Crippen LogP contribution in [0.5, 0.6) is 17.2 Å². The van der Waals surface area contributed by atoms with Crippen LogP contribution in [0.1, 0.15) is 64.1 Å². The van der Waals surface area contributed by atoms with Gasteiger partial charge in [0, 0.05) is 25.8 Å². The van der Waals surface area contributed by atoms with Crippen molar-refractivity contribution in [3.05, 3.63) is 59.2 Å². The van der Waals surface area contributed by atoms with Gasteiger partial charge in [-0.2, -0.15) is 0 Å². The fraction of sp³-hybridized carbons (Fsp3) is 0.484. The summed E-state index contributed by atoms with van der Waals surface area (Å²) in [5.74, 6) is 0.675. The predicted molar refractivity (Wildman–Crippen MR) is 150 cm³/mol. The van der Waals surface area contributed by atoms with Crippen LogP contribution in [-0.2, 0) is 14.3 Å². The van der Waals surface area contributed by atoms with E-state index in [1.54, 1.807) is 43.5 Å². The maximum absolute atomic E-state index is 13.3. The average Bonchev–Trinajstić information content (AvgIpc) is 3.17. The zero-order valence-electron chi connectivity index (χ0n) is 23.7. The monoisotopic (exact) mass is 539 g/mol. The molecule has 0 aliphatic carbocycles. The molecule has 1 saturated heterocycles. The predicted octanol–water partition coefficient (Wildman–Crippen LogP) is 5.76. The SMILES string of the molecule is CCCOc1ccc(/C(O)=C2\C(=O)C(=O)N(CCCOC)C2c2ccc(OCCC(C)C)c(OCC)c2)cc1. The Kier molecular flexibility index (Phi) is 11.2. The molecule has 1 N–H and O–H groups in total. The fourth-order valence-electron chi connectivity index (χ4n) is 4.41. The molecule has 0 radical (unpaired) electrons. The molecule has 1 amide bonds. The van der Waals surface area contributed by atoms with Gasteiger partial charge in [0.1, 0.15) is 11.5 Å². The van der Waals surface area contributed by atoms with Crippen molar-refractivity contribution in [3.63, 3.8) is 0 Å². The van der Waals surface area contributed by atoms with E-state index in [0.29, 0.717) is 73.7 Å². The van der Waals surface area contributed by atoms with Gasteiger partial charge in [-0.05, 0) is 74.1 Å². The molecule has 1 atom stereocenters. The van der Waals surface area contributed by atoms with Crippen molar-refractivity contribution < 1.29 is 33.6 Å². The summed E-state index contributed by atoms with van der Waals surface area (Å²) < 4.78 is 22.7. The molecule has 2 aromatic rings. The van der Waals surface area contributed by atoms with E-state index in [2.05, 4.69) is 13.8 Å². The van der Waals surface area contributed by atoms with Gasteiger partial charge in [0.05, 0.1) is 31.4 Å². The van der Waals surface area contributed by atoms with Crippen LogP contribution in [0.3, 0.4) is 0 Å². The number of hydrogen-bond donors (Lipinski definition) is 1. The minimum absolute atomic E-state index is 0.0376. The van der Waals surface area contributed by atoms with Gasteiger partial charge >= 0.3 is 0 Å². The molecule has 1 heterocycles. The number of Topliss-reactive ketones (excluding diaryl/α,β-unsaturated/α-hetero) is 1. The second kappa shape index (κ2) is 14.6. The molecule has 8 nitrogen and oxygen atoms in total. The van der Waals surface area contributed by atoms with Gasteiger partial charge in [0.2, 0.25) is 0 Å². The molecular weight excluding hydrogens is 498 g/mol. The van der Waals surface area contributed by atoms with Gasteiger partial charge in [-0.15, -0.1) is 0 Å². The highest BCUT2D eigenvalue weighted by molar-refractivity contribution is 6.46. The molecule has 39 heavy (non-hydrogen) atoms. The highest BCUT2D eigenvalue weighted by atomic mass is 16.5. The lowest BCUT2D eigenvalue weighted by Crippen LogP contribution is -2.31. The maximum atomic E-state index is 13.3. The third-order valence-corrected chi connectivity index (χ3v) is 6.42. The summed E-state index contributed by atoms with van der Waals surface area (Å²) in [6.45, 7) is 10.4. The van der Waals surface area contributed by atoms with E-state index in [4.69, 9.17) is 18.9 Å². The molecule has 3 rings (SSSR count). The topological polar surface area (TPSA) is 94.5 Å². The smallest absolute Gasteiger partial charge is 0.295 e. The summed E-state index contributed by atoms with van der Waals surface area (Å²) >= 11 is 0. The van der Waals surface area contributed by atoms with Crippen molar-refractivity contribution >= 4 is 17.4 Å². The number of ether oxygens (including phenoxy) is 4. The molecular formula is C31H41NO7. The lowest BCUT2D eigenvalue weighted by Gasteiger charge is -2.26. The summed E-state index contributed by atoms with van der Waals surface area (Å²) in [6.07, 6.45) is 2.31. The Hall–Kier alpha value is -3.52. The summed E-state index contributed by atoms with van der Waals surface area (Å²) in [6, 6.07) is 11.5. The third kappa shape index (κ3) is 7.53. The number of amides is 1. The van der Waals surface area contributed by atoms with Crippen LogP contribution in [0.25, 0.3) is 5.76 Å². The van der Waals surface area contributed by atoms with Crippen molar-refractivity contribution in [1.82, 2.24) is 4.90 Å². The average molecular weight is 540 g/mol. The minimum atomic E-state index is -0.790. The number of carbonyl (C=O) groups excluding carboxylic acids is 2. The van der Waals surface area contributed by atoms with E-state index in [1.165, 1.54) is 4.90 Å². The number of carbonyl (C=O) groups is 2. The molecule has 1 unspecified atom stereocenters. The van der Waals surface area contributed by atoms with Gasteiger partial charge in [0.25, 0.3) is 11.7 Å². The van der Waals surface area contributed by atoms with E-state index in [1.807, 2.05) is 19.9 Å². The van der Waals surface area contributed by atoms with E-state index in [9.17, 15) is 14.7 Å². The van der Waals surface area contributed by atoms with Crippen molar-refractivity contribution in [2.24, 2.45) is 5.92 Å². The summed E-state index contributed by atoms with van der Waals surface area (Å²) in [4.78, 5) is 28.0. The Morgan fingerprint density at radius 2 is 1.69 bits per heavy atom. The zero-order chi connectivity index (χ0) is 28.4. The molecule has 1 fully saturated rings. The van der Waals surface area contributed by atoms with Gasteiger partial charge < -0.3 is 29.0 Å². The molecule has 1 aliphatic rings. The zero-order valence-corrected chi connectivity index (χ0v) is 23.7. The molecule has 2 aromatic carbocycles. The number of aliphatic hydroxyl groups excluding tert-OH is 1. The Morgan fingerprint density at radius 1 is 0.949 bits per heavy atom. The van der Waals surface area contributed by atoms with Crippen LogP contribution in [0.15, 0.2) is 48.0 Å². The van der Waals surface area contributed by atoms with Gasteiger partial charge in [-0.1, -0.05) is 26.8 Å². The third-order valence-electron chi connectivity index (χ3n) is 6.42. The normalized spacial score (nSPS) is 16.7. The summed E-state index contributed by atoms with van der Waals surface area (Å²) in [5.41, 5.74) is 1.11. The second-order valence-corrected chi connectivity index (χ2v) is 9.88. The van der Waals surface area contributed by atoms with Crippen LogP contribution in [0.4, 0.5) is 0 Å². The first-order chi connectivity index (χ1) is 18.8. The number of nitrogens with zero attached hydrogens (tertiary/aromatic N) is 1. The molecule has 0 saturated carbocycles. The molecule has 0 aromatic heterocycles. The lowest BCUT2D eigenvalue weighted by atomic mass is 9.95. The Bertz CT molecular complexity index is 1140. The minimum Gasteiger partial charge on any atom is -0.507 e. The first-order valence-corrected chi connectivity index (χ1v) is 13.7. The summed E-state index contributed by atoms with van der Waals surface area (Å²) in [7, 11) is 1.59. The van der Waals surface area contributed by atoms with Crippen molar-refractivity contribution in [2.45, 2.75) is 53.0 Å². The number of aliphatic hydroxyl groups is 1. The van der Waals surface area contributed by atoms with E-state index < -0.39 is 17.7 Å². The van der Waals surface area contributed by atoms with Crippen LogP contribution in [0.2, 0.25) is 0 Å². The van der Waals surface area contributed by atoms with Crippen LogP contribution >= 0.6 is 0 Å². The second-order valence-electron chi connectivity index (χ2n) is 9.88. The highest BCUT2D eigenvalue weighted by Gasteiger charge is 2.46. The Labute approximate surface area is 231 Å². The van der Waals surface area contributed by atoms with Crippen molar-refractivity contribution in [1.29, 1.82) is 0 Å². The number of hydrogen-bond acceptors (Lipinski definition) is 7. The largest absolute Gasteiger partial charge is 0.507 e. The Morgan fingerprint density at radius 3 is 2.33 bits per heavy atom. The number of benzene rings is 2. The Balaban J connectivity index is 2.05. The first kappa shape index (κ1) is 30.0. The molecule has 212 valence electrons. The molecule has 8 heteroatoms. The van der Waals surface area contributed by atoms with Gasteiger partial charge in [-0.3, -0.25) is 9.59 Å². The number of likely N-dealkylation sites (tertiary alicyclic amines) is 1. The van der Waals surface area contributed by atoms with Gasteiger partial charge in [-0.25, -0.2) is 0 Å². The lowest BCUT2D eigenvalue weighted by molar-refractivity contribution is -0.140. The standard InChI is InChI=1S/C31H41NO7/c1-6-17-38-24-12-9-22(10-13-24)29(33)27-28(32(16-8-18-36-5)31(35)30(27)34)23-11-14-25(26(20-23)37-7-2)39-19-15-21(3)4/h9-14,20-21,28,33H,6-8,15-19H2,1-5H3/b29-27+. The first-order valence-electron chi connectivity index (χ1n) is 13.7. The highest BCUT2D eigenvalue weighted by Crippen LogP contribution is 2.42. The van der Waals surface area contributed by atoms with Crippen molar-refractivity contribution in [2.75, 3.05) is 40.1 Å².